The van der Waals surface area contributed by atoms with Gasteiger partial charge in [-0.25, -0.2) is 0 Å². The molecule has 0 saturated heterocycles. The van der Waals surface area contributed by atoms with Crippen LogP contribution in [0, 0.1) is 0 Å². The van der Waals surface area contributed by atoms with Crippen LogP contribution in [0.2, 0.25) is 0 Å². The summed E-state index contributed by atoms with van der Waals surface area (Å²) < 4.78 is 0. The quantitative estimate of drug-likeness (QED) is 0.677. The molecule has 1 aromatic rings. The van der Waals surface area contributed by atoms with Crippen molar-refractivity contribution in [3.8, 4) is 0 Å². The molecular formula is C17H23P. The summed E-state index contributed by atoms with van der Waals surface area (Å²) in [6.07, 6.45) is 10.9. The number of hydrogen-bond acceptors (Lipinski definition) is 0. The van der Waals surface area contributed by atoms with E-state index in [4.69, 9.17) is 0 Å². The van der Waals surface area contributed by atoms with E-state index in [2.05, 4.69) is 62.4 Å². The molecule has 0 heterocycles. The van der Waals surface area contributed by atoms with Gasteiger partial charge in [0.2, 0.25) is 0 Å². The average molecular weight is 258 g/mol. The molecule has 1 heteroatoms. The molecule has 0 saturated carbocycles. The van der Waals surface area contributed by atoms with Crippen LogP contribution in [0.25, 0.3) is 6.08 Å². The fraction of sp³-hybridized carbons (Fsp3) is 0.294. The van der Waals surface area contributed by atoms with Gasteiger partial charge in [-0.05, 0) is 0 Å². The molecule has 0 N–H and O–H groups in total. The third-order valence-electron chi connectivity index (χ3n) is 3.56. The first-order valence-corrected chi connectivity index (χ1v) is 8.64. The molecule has 0 radical (unpaired) electrons. The minimum absolute atomic E-state index is 0.0509. The Morgan fingerprint density at radius 2 is 2.00 bits per heavy atom. The molecule has 18 heavy (non-hydrogen) atoms. The summed E-state index contributed by atoms with van der Waals surface area (Å²) in [6, 6.07) is 10.7. The van der Waals surface area contributed by atoms with Crippen molar-refractivity contribution in [1.29, 1.82) is 0 Å². The van der Waals surface area contributed by atoms with Crippen molar-refractivity contribution in [3.63, 3.8) is 0 Å². The first-order valence-electron chi connectivity index (χ1n) is 6.93. The molecule has 0 atom stereocenters. The Bertz CT molecular complexity index is 478. The van der Waals surface area contributed by atoms with Crippen molar-refractivity contribution in [2.24, 2.45) is 0 Å². The van der Waals surface area contributed by atoms with Crippen molar-refractivity contribution < 1.29 is 0 Å². The van der Waals surface area contributed by atoms with E-state index in [-0.39, 0.29) is 8.58 Å². The Morgan fingerprint density at radius 1 is 1.22 bits per heavy atom. The second-order valence-corrected chi connectivity index (χ2v) is 6.91. The van der Waals surface area contributed by atoms with E-state index in [1.807, 2.05) is 0 Å². The van der Waals surface area contributed by atoms with Gasteiger partial charge >= 0.3 is 112 Å². The van der Waals surface area contributed by atoms with E-state index in [0.29, 0.717) is 0 Å². The molecule has 1 aromatic carbocycles. The van der Waals surface area contributed by atoms with E-state index in [1.54, 1.807) is 10.9 Å². The summed E-state index contributed by atoms with van der Waals surface area (Å²) in [5.74, 6) is 0. The van der Waals surface area contributed by atoms with Gasteiger partial charge in [-0.15, -0.1) is 0 Å². The fourth-order valence-corrected chi connectivity index (χ4v) is 4.04. The van der Waals surface area contributed by atoms with E-state index in [0.717, 1.165) is 6.42 Å². The molecule has 0 unspecified atom stereocenters. The predicted octanol–water partition coefficient (Wildman–Crippen LogP) is 4.86. The van der Waals surface area contributed by atoms with Crippen LogP contribution in [0.4, 0.5) is 0 Å². The standard InChI is InChI=1S/C17H23P/c1-3-12-18-17-11-7-10-16(14(17)2)13-15-8-5-4-6-9-15/h4-9,11,13H,3,10,12H2,1-2,18H3. The van der Waals surface area contributed by atoms with Gasteiger partial charge < -0.3 is 0 Å². The maximum absolute atomic E-state index is 2.37. The van der Waals surface area contributed by atoms with Crippen LogP contribution in [0.15, 0.2) is 58.9 Å². The van der Waals surface area contributed by atoms with Crippen LogP contribution in [0.3, 0.4) is 0 Å². The third-order valence-corrected chi connectivity index (χ3v) is 5.93. The van der Waals surface area contributed by atoms with Crippen molar-refractivity contribution in [3.05, 3.63) is 64.5 Å². The summed E-state index contributed by atoms with van der Waals surface area (Å²) in [5, 5.41) is 1.66. The summed E-state index contributed by atoms with van der Waals surface area (Å²) >= 11 is 0. The first-order chi connectivity index (χ1) is 8.81. The SMILES string of the molecule is CCC[PH3]C1=C(C)C(=Cc2ccccc2)CC=C1. The topological polar surface area (TPSA) is 0 Å². The van der Waals surface area contributed by atoms with Crippen LogP contribution in [-0.4, -0.2) is 6.16 Å². The van der Waals surface area contributed by atoms with Gasteiger partial charge in [0.15, 0.2) is 0 Å². The predicted molar refractivity (Wildman–Crippen MR) is 87.1 cm³/mol. The number of allylic oxidation sites excluding steroid dienone is 5. The van der Waals surface area contributed by atoms with Gasteiger partial charge in [0, 0.05) is 0 Å². The molecule has 1 aliphatic carbocycles. The Kier molecular flexibility index (Phi) is 4.96. The van der Waals surface area contributed by atoms with Gasteiger partial charge in [0.1, 0.15) is 0 Å². The minimum atomic E-state index is -0.0509. The maximum atomic E-state index is 2.37. The summed E-state index contributed by atoms with van der Waals surface area (Å²) in [5.41, 5.74) is 4.36. The van der Waals surface area contributed by atoms with E-state index in [9.17, 15) is 0 Å². The van der Waals surface area contributed by atoms with Crippen LogP contribution in [-0.2, 0) is 0 Å². The monoisotopic (exact) mass is 258 g/mol. The van der Waals surface area contributed by atoms with Crippen molar-refractivity contribution in [2.45, 2.75) is 26.7 Å². The average Bonchev–Trinajstić information content (AvgIpc) is 2.41. The Balaban J connectivity index is 2.22. The summed E-state index contributed by atoms with van der Waals surface area (Å²) in [7, 11) is -0.0509. The fourth-order valence-electron chi connectivity index (χ4n) is 2.37. The van der Waals surface area contributed by atoms with Gasteiger partial charge in [0.05, 0.1) is 0 Å². The first kappa shape index (κ1) is 13.3. The van der Waals surface area contributed by atoms with Gasteiger partial charge in [0.25, 0.3) is 0 Å². The van der Waals surface area contributed by atoms with Gasteiger partial charge in [-0.2, -0.15) is 0 Å². The summed E-state index contributed by atoms with van der Waals surface area (Å²) in [6.45, 7) is 4.59. The second kappa shape index (κ2) is 6.71. The van der Waals surface area contributed by atoms with Crippen LogP contribution in [0.1, 0.15) is 32.3 Å². The molecule has 96 valence electrons. The van der Waals surface area contributed by atoms with Crippen molar-refractivity contribution >= 4 is 14.7 Å². The molecule has 1 aliphatic rings. The zero-order valence-corrected chi connectivity index (χ0v) is 12.9. The zero-order valence-electron chi connectivity index (χ0n) is 11.4. The van der Waals surface area contributed by atoms with E-state index >= 15 is 0 Å². The Morgan fingerprint density at radius 3 is 2.72 bits per heavy atom. The van der Waals surface area contributed by atoms with E-state index in [1.165, 1.54) is 23.7 Å². The molecule has 0 spiro atoms. The number of hydrogen-bond donors (Lipinski definition) is 0. The van der Waals surface area contributed by atoms with Gasteiger partial charge in [-0.3, -0.25) is 0 Å². The molecular weight excluding hydrogens is 235 g/mol. The second-order valence-electron chi connectivity index (χ2n) is 4.94. The molecule has 0 amide bonds. The van der Waals surface area contributed by atoms with Gasteiger partial charge in [-0.1, -0.05) is 0 Å². The zero-order chi connectivity index (χ0) is 12.8. The molecule has 0 nitrogen and oxygen atoms in total. The van der Waals surface area contributed by atoms with Crippen molar-refractivity contribution in [2.75, 3.05) is 6.16 Å². The molecule has 0 aliphatic heterocycles. The van der Waals surface area contributed by atoms with Crippen LogP contribution in [0.5, 0.6) is 0 Å². The van der Waals surface area contributed by atoms with E-state index < -0.39 is 0 Å². The molecule has 2 rings (SSSR count). The number of rotatable bonds is 4. The Labute approximate surface area is 112 Å². The molecule has 0 aromatic heterocycles. The third kappa shape index (κ3) is 3.43. The molecule has 0 bridgehead atoms. The van der Waals surface area contributed by atoms with Crippen LogP contribution < -0.4 is 0 Å². The number of benzene rings is 1. The summed E-state index contributed by atoms with van der Waals surface area (Å²) in [4.78, 5) is 0. The van der Waals surface area contributed by atoms with Crippen molar-refractivity contribution in [1.82, 2.24) is 0 Å². The van der Waals surface area contributed by atoms with Crippen LogP contribution >= 0.6 is 8.58 Å². The normalized spacial score (nSPS) is 17.8. The Hall–Kier alpha value is -1.13. The molecule has 0 fully saturated rings.